The molecule has 1 heterocycles. The van der Waals surface area contributed by atoms with Crippen molar-refractivity contribution < 1.29 is 4.79 Å². The highest BCUT2D eigenvalue weighted by atomic mass is 16.1. The molecule has 3 heteroatoms. The quantitative estimate of drug-likeness (QED) is 0.441. The Labute approximate surface area is 198 Å². The van der Waals surface area contributed by atoms with Gasteiger partial charge in [0.1, 0.15) is 0 Å². The third-order valence-electron chi connectivity index (χ3n) is 6.93. The summed E-state index contributed by atoms with van der Waals surface area (Å²) >= 11 is 0. The molecule has 1 N–H and O–H groups in total. The second-order valence-corrected chi connectivity index (χ2v) is 9.25. The molecule has 1 saturated heterocycles. The van der Waals surface area contributed by atoms with E-state index in [1.54, 1.807) is 0 Å². The average molecular weight is 441 g/mol. The van der Waals surface area contributed by atoms with Crippen molar-refractivity contribution in [1.29, 1.82) is 0 Å². The summed E-state index contributed by atoms with van der Waals surface area (Å²) in [5.74, 6) is 1.30. The molecule has 1 aliphatic heterocycles. The summed E-state index contributed by atoms with van der Waals surface area (Å²) in [5.41, 5.74) is 3.89. The van der Waals surface area contributed by atoms with E-state index in [4.69, 9.17) is 0 Å². The SMILES string of the molecule is O=C(Cc1ccccc1)NCCC1CCN(CCC(c2ccccc2)c2ccccc2)CC1. The standard InChI is InChI=1S/C30H36N2O/c33-30(24-26-10-4-1-5-11-26)31-20-16-25-17-21-32(22-18-25)23-19-29(27-12-6-2-7-13-27)28-14-8-3-9-15-28/h1-15,25,29H,16-24H2,(H,31,33). The summed E-state index contributed by atoms with van der Waals surface area (Å²) in [6.07, 6.45) is 5.17. The van der Waals surface area contributed by atoms with E-state index in [0.29, 0.717) is 12.3 Å². The molecule has 3 nitrogen and oxygen atoms in total. The number of rotatable bonds is 10. The molecule has 1 fully saturated rings. The van der Waals surface area contributed by atoms with E-state index >= 15 is 0 Å². The van der Waals surface area contributed by atoms with Gasteiger partial charge in [-0.15, -0.1) is 0 Å². The van der Waals surface area contributed by atoms with E-state index in [0.717, 1.165) is 37.4 Å². The van der Waals surface area contributed by atoms with Gasteiger partial charge in [0.05, 0.1) is 6.42 Å². The second-order valence-electron chi connectivity index (χ2n) is 9.25. The molecule has 172 valence electrons. The number of piperidine rings is 1. The van der Waals surface area contributed by atoms with Gasteiger partial charge in [-0.25, -0.2) is 0 Å². The van der Waals surface area contributed by atoms with Gasteiger partial charge >= 0.3 is 0 Å². The highest BCUT2D eigenvalue weighted by Crippen LogP contribution is 2.29. The van der Waals surface area contributed by atoms with Crippen LogP contribution in [0.15, 0.2) is 91.0 Å². The maximum atomic E-state index is 12.2. The predicted molar refractivity (Wildman–Crippen MR) is 136 cm³/mol. The van der Waals surface area contributed by atoms with Gasteiger partial charge in [-0.3, -0.25) is 4.79 Å². The molecule has 0 aromatic heterocycles. The van der Waals surface area contributed by atoms with Gasteiger partial charge in [-0.05, 0) is 67.9 Å². The number of hydrogen-bond acceptors (Lipinski definition) is 2. The normalized spacial score (nSPS) is 14.9. The fourth-order valence-electron chi connectivity index (χ4n) is 4.97. The first-order valence-electron chi connectivity index (χ1n) is 12.4. The van der Waals surface area contributed by atoms with Gasteiger partial charge in [-0.1, -0.05) is 91.0 Å². The predicted octanol–water partition coefficient (Wildman–Crippen LogP) is 5.67. The van der Waals surface area contributed by atoms with E-state index in [-0.39, 0.29) is 5.91 Å². The maximum Gasteiger partial charge on any atom is 0.224 e. The summed E-state index contributed by atoms with van der Waals surface area (Å²) in [6, 6.07) is 31.8. The number of carbonyl (C=O) groups is 1. The third-order valence-corrected chi connectivity index (χ3v) is 6.93. The molecule has 1 aliphatic rings. The lowest BCUT2D eigenvalue weighted by molar-refractivity contribution is -0.120. The first kappa shape index (κ1) is 23.3. The zero-order valence-electron chi connectivity index (χ0n) is 19.5. The van der Waals surface area contributed by atoms with Crippen LogP contribution in [0.5, 0.6) is 0 Å². The topological polar surface area (TPSA) is 32.3 Å². The van der Waals surface area contributed by atoms with Crippen molar-refractivity contribution in [2.45, 2.75) is 38.0 Å². The molecule has 3 aromatic carbocycles. The van der Waals surface area contributed by atoms with E-state index < -0.39 is 0 Å². The van der Waals surface area contributed by atoms with Crippen molar-refractivity contribution in [2.24, 2.45) is 5.92 Å². The van der Waals surface area contributed by atoms with E-state index in [9.17, 15) is 4.79 Å². The number of nitrogens with one attached hydrogen (secondary N) is 1. The average Bonchev–Trinajstić information content (AvgIpc) is 2.87. The van der Waals surface area contributed by atoms with Crippen LogP contribution in [0.2, 0.25) is 0 Å². The molecule has 0 saturated carbocycles. The highest BCUT2D eigenvalue weighted by molar-refractivity contribution is 5.78. The van der Waals surface area contributed by atoms with Gasteiger partial charge in [0.25, 0.3) is 0 Å². The van der Waals surface area contributed by atoms with Crippen LogP contribution < -0.4 is 5.32 Å². The Morgan fingerprint density at radius 1 is 0.818 bits per heavy atom. The largest absolute Gasteiger partial charge is 0.356 e. The number of amides is 1. The molecule has 0 atom stereocenters. The number of nitrogens with zero attached hydrogens (tertiary/aromatic N) is 1. The Balaban J connectivity index is 1.18. The molecule has 0 radical (unpaired) electrons. The monoisotopic (exact) mass is 440 g/mol. The van der Waals surface area contributed by atoms with Crippen LogP contribution in [0, 0.1) is 5.92 Å². The number of likely N-dealkylation sites (tertiary alicyclic amines) is 1. The van der Waals surface area contributed by atoms with Crippen LogP contribution >= 0.6 is 0 Å². The van der Waals surface area contributed by atoms with Gasteiger partial charge in [0, 0.05) is 12.5 Å². The minimum atomic E-state index is 0.131. The van der Waals surface area contributed by atoms with E-state index in [1.807, 2.05) is 30.3 Å². The maximum absolute atomic E-state index is 12.2. The van der Waals surface area contributed by atoms with E-state index in [2.05, 4.69) is 70.9 Å². The van der Waals surface area contributed by atoms with Crippen molar-refractivity contribution in [3.8, 4) is 0 Å². The molecule has 3 aromatic rings. The van der Waals surface area contributed by atoms with Crippen LogP contribution in [0.25, 0.3) is 0 Å². The highest BCUT2D eigenvalue weighted by Gasteiger charge is 2.21. The van der Waals surface area contributed by atoms with Crippen molar-refractivity contribution in [3.05, 3.63) is 108 Å². The van der Waals surface area contributed by atoms with Gasteiger partial charge < -0.3 is 10.2 Å². The molecule has 1 amide bonds. The van der Waals surface area contributed by atoms with Crippen LogP contribution in [0.1, 0.15) is 48.3 Å². The van der Waals surface area contributed by atoms with Crippen LogP contribution in [-0.4, -0.2) is 37.0 Å². The number of benzene rings is 3. The second kappa shape index (κ2) is 12.4. The van der Waals surface area contributed by atoms with Gasteiger partial charge in [0.2, 0.25) is 5.91 Å². The van der Waals surface area contributed by atoms with Gasteiger partial charge in [-0.2, -0.15) is 0 Å². The van der Waals surface area contributed by atoms with Crippen LogP contribution in [0.4, 0.5) is 0 Å². The molecule has 33 heavy (non-hydrogen) atoms. The Hall–Kier alpha value is -2.91. The number of carbonyl (C=O) groups excluding carboxylic acids is 1. The van der Waals surface area contributed by atoms with Crippen molar-refractivity contribution in [2.75, 3.05) is 26.2 Å². The minimum absolute atomic E-state index is 0.131. The Morgan fingerprint density at radius 2 is 1.36 bits per heavy atom. The Morgan fingerprint density at radius 3 is 1.94 bits per heavy atom. The lowest BCUT2D eigenvalue weighted by atomic mass is 9.87. The molecule has 0 spiro atoms. The van der Waals surface area contributed by atoms with Crippen LogP contribution in [-0.2, 0) is 11.2 Å². The van der Waals surface area contributed by atoms with Gasteiger partial charge in [0.15, 0.2) is 0 Å². The summed E-state index contributed by atoms with van der Waals surface area (Å²) in [6.45, 7) is 4.26. The third kappa shape index (κ3) is 7.30. The van der Waals surface area contributed by atoms with Crippen LogP contribution in [0.3, 0.4) is 0 Å². The zero-order valence-corrected chi connectivity index (χ0v) is 19.5. The first-order chi connectivity index (χ1) is 16.3. The molecular weight excluding hydrogens is 404 g/mol. The molecule has 0 bridgehead atoms. The minimum Gasteiger partial charge on any atom is -0.356 e. The summed E-state index contributed by atoms with van der Waals surface area (Å²) in [7, 11) is 0. The molecule has 0 aliphatic carbocycles. The molecule has 0 unspecified atom stereocenters. The summed E-state index contributed by atoms with van der Waals surface area (Å²) in [5, 5.41) is 3.11. The zero-order chi connectivity index (χ0) is 22.7. The fraction of sp³-hybridized carbons (Fsp3) is 0.367. The Kier molecular flexibility index (Phi) is 8.71. The lowest BCUT2D eigenvalue weighted by Gasteiger charge is -2.33. The molecular formula is C30H36N2O. The number of hydrogen-bond donors (Lipinski definition) is 1. The Bertz CT molecular complexity index is 911. The first-order valence-corrected chi connectivity index (χ1v) is 12.4. The van der Waals surface area contributed by atoms with Crippen molar-refractivity contribution in [1.82, 2.24) is 10.2 Å². The summed E-state index contributed by atoms with van der Waals surface area (Å²) in [4.78, 5) is 14.8. The summed E-state index contributed by atoms with van der Waals surface area (Å²) < 4.78 is 0. The fourth-order valence-corrected chi connectivity index (χ4v) is 4.97. The van der Waals surface area contributed by atoms with E-state index in [1.165, 1.54) is 37.1 Å². The lowest BCUT2D eigenvalue weighted by Crippen LogP contribution is -2.36. The smallest absolute Gasteiger partial charge is 0.224 e. The molecule has 4 rings (SSSR count). The van der Waals surface area contributed by atoms with Crippen molar-refractivity contribution in [3.63, 3.8) is 0 Å². The van der Waals surface area contributed by atoms with Crippen molar-refractivity contribution >= 4 is 5.91 Å².